The van der Waals surface area contributed by atoms with Gasteiger partial charge >= 0.3 is 12.1 Å². The Morgan fingerprint density at radius 3 is 2.58 bits per heavy atom. The SMILES string of the molecule is C=C1CSC(C(F)(F)F)C(=O)O1. The van der Waals surface area contributed by atoms with Crippen molar-refractivity contribution in [2.75, 3.05) is 5.75 Å². The number of halogens is 3. The van der Waals surface area contributed by atoms with Crippen LogP contribution in [0.5, 0.6) is 0 Å². The van der Waals surface area contributed by atoms with E-state index in [1.807, 2.05) is 0 Å². The topological polar surface area (TPSA) is 26.3 Å². The van der Waals surface area contributed by atoms with Crippen LogP contribution in [0.4, 0.5) is 13.2 Å². The Kier molecular flexibility index (Phi) is 2.36. The molecule has 1 aliphatic heterocycles. The van der Waals surface area contributed by atoms with Gasteiger partial charge in [0.05, 0.1) is 5.75 Å². The molecule has 1 unspecified atom stereocenters. The maximum absolute atomic E-state index is 12.0. The molecule has 6 heteroatoms. The largest absolute Gasteiger partial charge is 0.430 e. The highest BCUT2D eigenvalue weighted by Gasteiger charge is 2.48. The summed E-state index contributed by atoms with van der Waals surface area (Å²) in [6.45, 7) is 3.25. The van der Waals surface area contributed by atoms with E-state index in [0.29, 0.717) is 11.8 Å². The quantitative estimate of drug-likeness (QED) is 0.554. The number of esters is 1. The normalized spacial score (nSPS) is 25.4. The van der Waals surface area contributed by atoms with Gasteiger partial charge in [0.1, 0.15) is 5.76 Å². The summed E-state index contributed by atoms with van der Waals surface area (Å²) in [5.41, 5.74) is 0. The van der Waals surface area contributed by atoms with Gasteiger partial charge in [0.25, 0.3) is 0 Å². The first-order valence-electron chi connectivity index (χ1n) is 2.99. The van der Waals surface area contributed by atoms with E-state index in [0.717, 1.165) is 0 Å². The Balaban J connectivity index is 2.69. The molecular weight excluding hydrogens is 193 g/mol. The van der Waals surface area contributed by atoms with E-state index in [1.54, 1.807) is 0 Å². The number of ether oxygens (including phenoxy) is 1. The van der Waals surface area contributed by atoms with Crippen molar-refractivity contribution in [3.8, 4) is 0 Å². The van der Waals surface area contributed by atoms with Crippen LogP contribution in [0, 0.1) is 0 Å². The van der Waals surface area contributed by atoms with Crippen molar-refractivity contribution in [1.29, 1.82) is 0 Å². The fourth-order valence-electron chi connectivity index (χ4n) is 0.698. The van der Waals surface area contributed by atoms with E-state index in [1.165, 1.54) is 0 Å². The molecule has 1 fully saturated rings. The molecule has 1 aliphatic rings. The molecular formula is C6H5F3O2S. The van der Waals surface area contributed by atoms with Crippen LogP contribution in [0.1, 0.15) is 0 Å². The second kappa shape index (κ2) is 3.01. The monoisotopic (exact) mass is 198 g/mol. The summed E-state index contributed by atoms with van der Waals surface area (Å²) in [6.07, 6.45) is -4.53. The highest BCUT2D eigenvalue weighted by Crippen LogP contribution is 2.35. The highest BCUT2D eigenvalue weighted by molar-refractivity contribution is 8.00. The van der Waals surface area contributed by atoms with E-state index < -0.39 is 17.4 Å². The minimum absolute atomic E-state index is 0.00984. The number of carbonyl (C=O) groups is 1. The smallest absolute Gasteiger partial charge is 0.411 e. The predicted octanol–water partition coefficient (Wildman–Crippen LogP) is 1.72. The fourth-order valence-corrected chi connectivity index (χ4v) is 1.48. The van der Waals surface area contributed by atoms with Gasteiger partial charge in [-0.05, 0) is 0 Å². The number of hydrogen-bond acceptors (Lipinski definition) is 3. The molecule has 1 rings (SSSR count). The van der Waals surface area contributed by atoms with E-state index >= 15 is 0 Å². The standard InChI is InChI=1S/C6H5F3O2S/c1-3-2-12-4(5(10)11-3)6(7,8)9/h4H,1-2H2. The first-order valence-corrected chi connectivity index (χ1v) is 4.04. The first kappa shape index (κ1) is 9.44. The van der Waals surface area contributed by atoms with Crippen molar-refractivity contribution >= 4 is 17.7 Å². The van der Waals surface area contributed by atoms with Crippen molar-refractivity contribution in [3.63, 3.8) is 0 Å². The zero-order valence-electron chi connectivity index (χ0n) is 5.85. The molecule has 0 amide bonds. The van der Waals surface area contributed by atoms with Gasteiger partial charge in [-0.2, -0.15) is 13.2 Å². The molecule has 0 spiro atoms. The van der Waals surface area contributed by atoms with Gasteiger partial charge in [0, 0.05) is 0 Å². The third kappa shape index (κ3) is 1.94. The van der Waals surface area contributed by atoms with Crippen molar-refractivity contribution in [1.82, 2.24) is 0 Å². The van der Waals surface area contributed by atoms with Crippen molar-refractivity contribution < 1.29 is 22.7 Å². The van der Waals surface area contributed by atoms with Gasteiger partial charge in [0.2, 0.25) is 0 Å². The van der Waals surface area contributed by atoms with Gasteiger partial charge in [-0.3, -0.25) is 4.79 Å². The summed E-state index contributed by atoms with van der Waals surface area (Å²) in [5, 5.41) is -2.05. The minimum Gasteiger partial charge on any atom is -0.430 e. The van der Waals surface area contributed by atoms with Crippen LogP contribution in [-0.4, -0.2) is 23.1 Å². The maximum Gasteiger partial charge on any atom is 0.411 e. The summed E-state index contributed by atoms with van der Waals surface area (Å²) in [6, 6.07) is 0. The molecule has 68 valence electrons. The van der Waals surface area contributed by atoms with E-state index in [9.17, 15) is 18.0 Å². The van der Waals surface area contributed by atoms with E-state index in [2.05, 4.69) is 11.3 Å². The van der Waals surface area contributed by atoms with E-state index in [-0.39, 0.29) is 11.5 Å². The van der Waals surface area contributed by atoms with Gasteiger partial charge in [-0.15, -0.1) is 11.8 Å². The molecule has 1 atom stereocenters. The molecule has 0 bridgehead atoms. The molecule has 0 radical (unpaired) electrons. The summed E-state index contributed by atoms with van der Waals surface area (Å²) in [5.74, 6) is -1.19. The summed E-state index contributed by atoms with van der Waals surface area (Å²) < 4.78 is 40.2. The van der Waals surface area contributed by atoms with Crippen molar-refractivity contribution in [3.05, 3.63) is 12.3 Å². The average Bonchev–Trinajstić information content (AvgIpc) is 1.83. The van der Waals surface area contributed by atoms with Crippen molar-refractivity contribution in [2.24, 2.45) is 0 Å². The molecule has 2 nitrogen and oxygen atoms in total. The van der Waals surface area contributed by atoms with Gasteiger partial charge < -0.3 is 4.74 Å². The van der Waals surface area contributed by atoms with Crippen LogP contribution in [-0.2, 0) is 9.53 Å². The summed E-state index contributed by atoms with van der Waals surface area (Å²) >= 11 is 0.487. The van der Waals surface area contributed by atoms with Gasteiger partial charge in [-0.1, -0.05) is 6.58 Å². The average molecular weight is 198 g/mol. The lowest BCUT2D eigenvalue weighted by Crippen LogP contribution is -2.38. The molecule has 0 aromatic carbocycles. The molecule has 1 heterocycles. The van der Waals surface area contributed by atoms with Crippen LogP contribution in [0.15, 0.2) is 12.3 Å². The zero-order valence-corrected chi connectivity index (χ0v) is 6.67. The zero-order chi connectivity index (χ0) is 9.35. The lowest BCUT2D eigenvalue weighted by molar-refractivity contribution is -0.165. The predicted molar refractivity (Wildman–Crippen MR) is 37.5 cm³/mol. The summed E-state index contributed by atoms with van der Waals surface area (Å²) in [7, 11) is 0. The summed E-state index contributed by atoms with van der Waals surface area (Å²) in [4.78, 5) is 10.6. The molecule has 1 saturated heterocycles. The molecule has 0 N–H and O–H groups in total. The highest BCUT2D eigenvalue weighted by atomic mass is 32.2. The maximum atomic E-state index is 12.0. The number of thioether (sulfide) groups is 1. The number of hydrogen-bond donors (Lipinski definition) is 0. The van der Waals surface area contributed by atoms with Gasteiger partial charge in [0.15, 0.2) is 5.25 Å². The number of rotatable bonds is 0. The molecule has 0 aromatic rings. The third-order valence-electron chi connectivity index (χ3n) is 1.17. The van der Waals surface area contributed by atoms with Crippen LogP contribution in [0.2, 0.25) is 0 Å². The third-order valence-corrected chi connectivity index (χ3v) is 2.45. The van der Waals surface area contributed by atoms with Crippen molar-refractivity contribution in [2.45, 2.75) is 11.4 Å². The van der Waals surface area contributed by atoms with Gasteiger partial charge in [-0.25, -0.2) is 0 Å². The molecule has 12 heavy (non-hydrogen) atoms. The lowest BCUT2D eigenvalue weighted by atomic mass is 10.4. The first-order chi connectivity index (χ1) is 5.41. The van der Waals surface area contributed by atoms with E-state index in [4.69, 9.17) is 0 Å². The van der Waals surface area contributed by atoms with Crippen LogP contribution < -0.4 is 0 Å². The van der Waals surface area contributed by atoms with Crippen LogP contribution in [0.25, 0.3) is 0 Å². The number of carbonyl (C=O) groups excluding carboxylic acids is 1. The Bertz CT molecular complexity index is 223. The number of alkyl halides is 3. The second-order valence-corrected chi connectivity index (χ2v) is 3.29. The second-order valence-electron chi connectivity index (χ2n) is 2.19. The molecule has 0 aromatic heterocycles. The lowest BCUT2D eigenvalue weighted by Gasteiger charge is -2.23. The molecule has 0 aliphatic carbocycles. The number of cyclic esters (lactones) is 1. The minimum atomic E-state index is -4.53. The Morgan fingerprint density at radius 2 is 2.17 bits per heavy atom. The Labute approximate surface area is 70.8 Å². The Morgan fingerprint density at radius 1 is 1.58 bits per heavy atom. The van der Waals surface area contributed by atoms with Crippen LogP contribution >= 0.6 is 11.8 Å². The molecule has 0 saturated carbocycles. The fraction of sp³-hybridized carbons (Fsp3) is 0.500. The van der Waals surface area contributed by atoms with Crippen LogP contribution in [0.3, 0.4) is 0 Å². The Hall–Kier alpha value is -0.650.